The van der Waals surface area contributed by atoms with E-state index >= 15 is 0 Å². The number of allylic oxidation sites excluding steroid dienone is 3. The van der Waals surface area contributed by atoms with Crippen molar-refractivity contribution in [1.29, 1.82) is 0 Å². The van der Waals surface area contributed by atoms with Crippen molar-refractivity contribution < 1.29 is 9.52 Å². The highest BCUT2D eigenvalue weighted by atomic mass is 16.3. The predicted molar refractivity (Wildman–Crippen MR) is 85.7 cm³/mol. The molecule has 0 unspecified atom stereocenters. The molecule has 0 saturated heterocycles. The van der Waals surface area contributed by atoms with Gasteiger partial charge in [-0.3, -0.25) is 0 Å². The Labute approximate surface area is 128 Å². The maximum absolute atomic E-state index is 11.3. The number of rotatable bonds is 5. The Bertz CT molecular complexity index is 551. The molecule has 0 fully saturated rings. The summed E-state index contributed by atoms with van der Waals surface area (Å²) in [5.74, 6) is 1.29. The normalized spacial score (nSPS) is 22.1. The molecule has 1 heterocycles. The first-order valence-corrected chi connectivity index (χ1v) is 7.80. The molecule has 0 radical (unpaired) electrons. The van der Waals surface area contributed by atoms with Gasteiger partial charge >= 0.3 is 12.0 Å². The van der Waals surface area contributed by atoms with E-state index in [9.17, 15) is 5.11 Å². The van der Waals surface area contributed by atoms with Gasteiger partial charge in [0.05, 0.1) is 5.57 Å². The lowest BCUT2D eigenvalue weighted by molar-refractivity contribution is -0.270. The van der Waals surface area contributed by atoms with Crippen molar-refractivity contribution in [2.24, 2.45) is 11.3 Å². The molecule has 0 N–H and O–H groups in total. The van der Waals surface area contributed by atoms with Crippen LogP contribution in [-0.4, -0.2) is 0 Å². The van der Waals surface area contributed by atoms with Crippen molar-refractivity contribution in [2.45, 2.75) is 53.4 Å². The van der Waals surface area contributed by atoms with E-state index in [1.165, 1.54) is 23.0 Å². The summed E-state index contributed by atoms with van der Waals surface area (Å²) in [6.07, 6.45) is 5.71. The van der Waals surface area contributed by atoms with E-state index in [2.05, 4.69) is 34.3 Å². The van der Waals surface area contributed by atoms with Crippen molar-refractivity contribution in [3.63, 3.8) is 0 Å². The Morgan fingerprint density at radius 2 is 2.14 bits per heavy atom. The van der Waals surface area contributed by atoms with Gasteiger partial charge in [0.1, 0.15) is 0 Å². The zero-order valence-electron chi connectivity index (χ0n) is 13.7. The molecule has 1 aromatic rings. The minimum atomic E-state index is -0.0768. The molecular formula is C19H26O2. The van der Waals surface area contributed by atoms with Crippen molar-refractivity contribution in [2.75, 3.05) is 0 Å². The molecule has 114 valence electrons. The molecule has 0 spiro atoms. The fourth-order valence-electron chi connectivity index (χ4n) is 3.32. The molecule has 2 heteroatoms. The van der Waals surface area contributed by atoms with Crippen LogP contribution in [0.5, 0.6) is 5.75 Å². The lowest BCUT2D eigenvalue weighted by atomic mass is 9.76. The van der Waals surface area contributed by atoms with Gasteiger partial charge in [0, 0.05) is 11.5 Å². The van der Waals surface area contributed by atoms with E-state index in [0.29, 0.717) is 5.92 Å². The molecule has 0 amide bonds. The lowest BCUT2D eigenvalue weighted by Crippen LogP contribution is -2.15. The highest BCUT2D eigenvalue weighted by Crippen LogP contribution is 2.53. The van der Waals surface area contributed by atoms with Gasteiger partial charge in [-0.25, -0.2) is 4.42 Å². The third kappa shape index (κ3) is 3.37. The van der Waals surface area contributed by atoms with Crippen LogP contribution < -0.4 is 5.11 Å². The monoisotopic (exact) mass is 286 g/mol. The largest absolute Gasteiger partial charge is 0.867 e. The van der Waals surface area contributed by atoms with E-state index in [-0.39, 0.29) is 11.2 Å². The van der Waals surface area contributed by atoms with Gasteiger partial charge in [-0.1, -0.05) is 38.0 Å². The van der Waals surface area contributed by atoms with Crippen LogP contribution in [0.2, 0.25) is 0 Å². The van der Waals surface area contributed by atoms with E-state index in [0.717, 1.165) is 31.4 Å². The zero-order valence-corrected chi connectivity index (χ0v) is 13.7. The third-order valence-electron chi connectivity index (χ3n) is 4.62. The van der Waals surface area contributed by atoms with Gasteiger partial charge in [-0.05, 0) is 44.3 Å². The summed E-state index contributed by atoms with van der Waals surface area (Å²) >= 11 is 0. The van der Waals surface area contributed by atoms with Crippen molar-refractivity contribution in [3.05, 3.63) is 41.9 Å². The highest BCUT2D eigenvalue weighted by Gasteiger charge is 2.42. The van der Waals surface area contributed by atoms with Crippen molar-refractivity contribution >= 4 is 5.57 Å². The molecule has 21 heavy (non-hydrogen) atoms. The standard InChI is InChI=1S/C19H26O2/c1-13(2)8-10-19(5)11-9-16(14(3)4)18(19)17-7-6-15(20)12-21-17/h6-7,12,14H,1,8-11H2,2-5H3/t19-/m0/s1. The van der Waals surface area contributed by atoms with Crippen LogP contribution >= 0.6 is 0 Å². The molecule has 1 atom stereocenters. The van der Waals surface area contributed by atoms with Gasteiger partial charge in [-0.2, -0.15) is 0 Å². The van der Waals surface area contributed by atoms with Crippen LogP contribution in [0, 0.1) is 11.3 Å². The molecule has 1 aliphatic carbocycles. The third-order valence-corrected chi connectivity index (χ3v) is 4.62. The van der Waals surface area contributed by atoms with Gasteiger partial charge in [0.25, 0.3) is 0 Å². The Hall–Kier alpha value is -1.57. The van der Waals surface area contributed by atoms with Crippen LogP contribution in [0.15, 0.2) is 40.5 Å². The smallest absolute Gasteiger partial charge is 0.356 e. The van der Waals surface area contributed by atoms with Crippen molar-refractivity contribution in [3.8, 4) is 5.75 Å². The predicted octanol–water partition coefficient (Wildman–Crippen LogP) is 5.20. The summed E-state index contributed by atoms with van der Waals surface area (Å²) in [4.78, 5) is 0. The van der Waals surface area contributed by atoms with Crippen LogP contribution in [0.3, 0.4) is 0 Å². The Morgan fingerprint density at radius 3 is 2.67 bits per heavy atom. The molecule has 0 aliphatic heterocycles. The Morgan fingerprint density at radius 1 is 1.43 bits per heavy atom. The zero-order chi connectivity index (χ0) is 15.6. The van der Waals surface area contributed by atoms with Gasteiger partial charge in [0.15, 0.2) is 0 Å². The first kappa shape index (κ1) is 15.8. The summed E-state index contributed by atoms with van der Waals surface area (Å²) in [5.41, 5.74) is 4.13. The molecule has 0 aromatic carbocycles. The quantitative estimate of drug-likeness (QED) is 0.550. The second kappa shape index (κ2) is 6.05. The van der Waals surface area contributed by atoms with Crippen molar-refractivity contribution in [1.82, 2.24) is 0 Å². The summed E-state index contributed by atoms with van der Waals surface area (Å²) in [6, 6.07) is 3.44. The Kier molecular flexibility index (Phi) is 4.55. The summed E-state index contributed by atoms with van der Waals surface area (Å²) in [6.45, 7) is 12.9. The highest BCUT2D eigenvalue weighted by molar-refractivity contribution is 5.72. The summed E-state index contributed by atoms with van der Waals surface area (Å²) in [5, 5.41) is 11.3. The van der Waals surface area contributed by atoms with Gasteiger partial charge < -0.3 is 5.11 Å². The fourth-order valence-corrected chi connectivity index (χ4v) is 3.32. The van der Waals surface area contributed by atoms with E-state index in [1.807, 2.05) is 6.07 Å². The van der Waals surface area contributed by atoms with Crippen LogP contribution in [0.4, 0.5) is 0 Å². The van der Waals surface area contributed by atoms with Crippen LogP contribution in [0.25, 0.3) is 5.57 Å². The topological polar surface area (TPSA) is 34.4 Å². The number of hydrogen-bond acceptors (Lipinski definition) is 1. The first-order chi connectivity index (χ1) is 9.83. The van der Waals surface area contributed by atoms with Crippen LogP contribution in [-0.2, 0) is 0 Å². The van der Waals surface area contributed by atoms with E-state index < -0.39 is 0 Å². The van der Waals surface area contributed by atoms with Gasteiger partial charge in [0.2, 0.25) is 0 Å². The molecule has 0 bridgehead atoms. The maximum Gasteiger partial charge on any atom is 0.356 e. The average Bonchev–Trinajstić information content (AvgIpc) is 2.76. The molecule has 1 aliphatic rings. The van der Waals surface area contributed by atoms with E-state index in [1.54, 1.807) is 6.07 Å². The average molecular weight is 286 g/mol. The molecule has 2 rings (SSSR count). The maximum atomic E-state index is 11.3. The minimum absolute atomic E-state index is 0.0768. The molecule has 0 saturated carbocycles. The second-order valence-corrected chi connectivity index (χ2v) is 6.91. The lowest BCUT2D eigenvalue weighted by Gasteiger charge is -2.25. The fraction of sp³-hybridized carbons (Fsp3) is 0.526. The summed E-state index contributed by atoms with van der Waals surface area (Å²) < 4.78 is 5.63. The molecule has 1 aromatic heterocycles. The second-order valence-electron chi connectivity index (χ2n) is 6.91. The molecular weight excluding hydrogens is 260 g/mol. The minimum Gasteiger partial charge on any atom is -0.867 e. The van der Waals surface area contributed by atoms with Crippen LogP contribution in [0.1, 0.15) is 59.1 Å². The van der Waals surface area contributed by atoms with Gasteiger partial charge in [-0.15, -0.1) is 6.58 Å². The Balaban J connectivity index is 2.43. The molecule has 2 nitrogen and oxygen atoms in total. The van der Waals surface area contributed by atoms with E-state index in [4.69, 9.17) is 4.42 Å². The first-order valence-electron chi connectivity index (χ1n) is 7.80. The summed E-state index contributed by atoms with van der Waals surface area (Å²) in [7, 11) is 0. The SMILES string of the molecule is C=C(C)CC[C@@]1(C)CCC(C(C)C)=C1c1ccc([O-])c[o+]1. The number of hydrogen-bond donors (Lipinski definition) is 0.